The predicted octanol–water partition coefficient (Wildman–Crippen LogP) is 0.902. The number of likely N-dealkylation sites (tertiary alicyclic amines) is 1. The van der Waals surface area contributed by atoms with Gasteiger partial charge < -0.3 is 19.9 Å². The fourth-order valence-corrected chi connectivity index (χ4v) is 2.67. The fraction of sp³-hybridized carbons (Fsp3) is 0.692. The molecule has 2 rings (SSSR count). The molecule has 1 atom stereocenters. The van der Waals surface area contributed by atoms with Gasteiger partial charge in [-0.25, -0.2) is 9.78 Å². The number of imidazole rings is 1. The molecule has 1 aliphatic rings. The highest BCUT2D eigenvalue weighted by atomic mass is 16.5. The quantitative estimate of drug-likeness (QED) is 0.820. The number of anilines is 1. The Bertz CT molecular complexity index is 469. The number of carbonyl (C=O) groups excluding carboxylic acids is 1. The number of ether oxygens (including phenoxy) is 1. The van der Waals surface area contributed by atoms with Crippen LogP contribution in [-0.4, -0.2) is 47.2 Å². The van der Waals surface area contributed by atoms with Crippen LogP contribution in [0, 0.1) is 12.8 Å². The van der Waals surface area contributed by atoms with E-state index < -0.39 is 5.97 Å². The van der Waals surface area contributed by atoms with Crippen LogP contribution in [0.25, 0.3) is 0 Å². The monoisotopic (exact) mass is 266 g/mol. The number of aromatic nitrogens is 2. The Kier molecular flexibility index (Phi) is 4.09. The number of hydrogen-bond acceptors (Lipinski definition) is 5. The number of nitrogen functional groups attached to an aromatic ring is 1. The fourth-order valence-electron chi connectivity index (χ4n) is 2.67. The largest absolute Gasteiger partial charge is 0.464 e. The van der Waals surface area contributed by atoms with Crippen molar-refractivity contribution in [1.82, 2.24) is 14.5 Å². The molecular formula is C13H22N4O2. The third-order valence-electron chi connectivity index (χ3n) is 3.83. The summed E-state index contributed by atoms with van der Waals surface area (Å²) < 4.78 is 6.61. The summed E-state index contributed by atoms with van der Waals surface area (Å²) in [6.45, 7) is 8.17. The van der Waals surface area contributed by atoms with Crippen molar-refractivity contribution in [2.24, 2.45) is 5.92 Å². The van der Waals surface area contributed by atoms with E-state index in [2.05, 4.69) is 21.5 Å². The number of hydrogen-bond donors (Lipinski definition) is 1. The molecule has 6 nitrogen and oxygen atoms in total. The van der Waals surface area contributed by atoms with Gasteiger partial charge in [-0.3, -0.25) is 0 Å². The minimum Gasteiger partial charge on any atom is -0.464 e. The van der Waals surface area contributed by atoms with Gasteiger partial charge in [-0.15, -0.1) is 0 Å². The van der Waals surface area contributed by atoms with E-state index in [1.165, 1.54) is 13.5 Å². The van der Waals surface area contributed by atoms with Gasteiger partial charge >= 0.3 is 5.97 Å². The van der Waals surface area contributed by atoms with Gasteiger partial charge in [0.25, 0.3) is 0 Å². The molecule has 0 amide bonds. The van der Waals surface area contributed by atoms with Gasteiger partial charge in [-0.2, -0.15) is 0 Å². The highest BCUT2D eigenvalue weighted by molar-refractivity contribution is 5.92. The Morgan fingerprint density at radius 2 is 2.32 bits per heavy atom. The topological polar surface area (TPSA) is 73.4 Å². The summed E-state index contributed by atoms with van der Waals surface area (Å²) in [5, 5.41) is 0. The van der Waals surface area contributed by atoms with Gasteiger partial charge in [0.1, 0.15) is 11.6 Å². The van der Waals surface area contributed by atoms with Gasteiger partial charge in [-0.05, 0) is 32.4 Å². The second-order valence-electron chi connectivity index (χ2n) is 5.04. The van der Waals surface area contributed by atoms with Gasteiger partial charge in [0, 0.05) is 13.1 Å². The Balaban J connectivity index is 2.13. The summed E-state index contributed by atoms with van der Waals surface area (Å²) in [6, 6.07) is 0. The van der Waals surface area contributed by atoms with Crippen LogP contribution in [0.5, 0.6) is 0 Å². The Hall–Kier alpha value is -1.56. The molecule has 0 aliphatic carbocycles. The number of aryl methyl sites for hydroxylation is 1. The molecule has 0 saturated carbocycles. The van der Waals surface area contributed by atoms with Crippen LogP contribution >= 0.6 is 0 Å². The molecule has 1 aromatic rings. The van der Waals surface area contributed by atoms with E-state index in [4.69, 9.17) is 5.73 Å². The minimum atomic E-state index is -0.471. The van der Waals surface area contributed by atoms with Crippen LogP contribution < -0.4 is 5.73 Å². The van der Waals surface area contributed by atoms with E-state index in [1.54, 1.807) is 0 Å². The van der Waals surface area contributed by atoms with Crippen molar-refractivity contribution >= 4 is 11.8 Å². The van der Waals surface area contributed by atoms with Crippen molar-refractivity contribution in [3.05, 3.63) is 11.5 Å². The molecule has 1 saturated heterocycles. The average molecular weight is 266 g/mol. The van der Waals surface area contributed by atoms with Crippen LogP contribution in [0.1, 0.15) is 29.7 Å². The first-order valence-electron chi connectivity index (χ1n) is 6.70. The van der Waals surface area contributed by atoms with Crippen molar-refractivity contribution in [2.45, 2.75) is 26.8 Å². The van der Waals surface area contributed by atoms with Crippen LogP contribution in [0.15, 0.2) is 0 Å². The zero-order valence-electron chi connectivity index (χ0n) is 11.8. The highest BCUT2D eigenvalue weighted by Crippen LogP contribution is 2.22. The van der Waals surface area contributed by atoms with E-state index >= 15 is 0 Å². The Morgan fingerprint density at radius 3 is 2.89 bits per heavy atom. The second-order valence-corrected chi connectivity index (χ2v) is 5.04. The number of carbonyl (C=O) groups is 1. The standard InChI is InChI=1S/C13H22N4O2/c1-4-16-6-5-10(7-16)8-17-9(2)15-11(12(17)14)13(18)19-3/h10H,4-8,14H2,1-3H3. The normalized spacial score (nSPS) is 19.8. The van der Waals surface area contributed by atoms with Crippen LogP contribution in [0.4, 0.5) is 5.82 Å². The van der Waals surface area contributed by atoms with E-state index in [1.807, 2.05) is 11.5 Å². The molecule has 2 N–H and O–H groups in total. The van der Waals surface area contributed by atoms with Gasteiger partial charge in [0.15, 0.2) is 5.69 Å². The maximum atomic E-state index is 11.5. The lowest BCUT2D eigenvalue weighted by Gasteiger charge is -2.15. The molecular weight excluding hydrogens is 244 g/mol. The molecule has 19 heavy (non-hydrogen) atoms. The molecule has 1 unspecified atom stereocenters. The summed E-state index contributed by atoms with van der Waals surface area (Å²) in [7, 11) is 1.34. The SMILES string of the molecule is CCN1CCC(Cn2c(C)nc(C(=O)OC)c2N)C1. The van der Waals surface area contributed by atoms with E-state index in [0.29, 0.717) is 11.7 Å². The highest BCUT2D eigenvalue weighted by Gasteiger charge is 2.25. The molecule has 1 aromatic heterocycles. The Labute approximate surface area is 113 Å². The number of esters is 1. The van der Waals surface area contributed by atoms with Crippen LogP contribution in [-0.2, 0) is 11.3 Å². The molecule has 0 bridgehead atoms. The van der Waals surface area contributed by atoms with Gasteiger partial charge in [0.05, 0.1) is 7.11 Å². The van der Waals surface area contributed by atoms with E-state index in [9.17, 15) is 4.79 Å². The first-order chi connectivity index (χ1) is 9.06. The van der Waals surface area contributed by atoms with Crippen molar-refractivity contribution in [2.75, 3.05) is 32.5 Å². The molecule has 0 spiro atoms. The maximum absolute atomic E-state index is 11.5. The molecule has 2 heterocycles. The van der Waals surface area contributed by atoms with E-state index in [0.717, 1.165) is 32.0 Å². The van der Waals surface area contributed by atoms with Crippen LogP contribution in [0.2, 0.25) is 0 Å². The van der Waals surface area contributed by atoms with Crippen molar-refractivity contribution in [3.8, 4) is 0 Å². The average Bonchev–Trinajstić information content (AvgIpc) is 2.97. The lowest BCUT2D eigenvalue weighted by atomic mass is 10.1. The second kappa shape index (κ2) is 5.61. The lowest BCUT2D eigenvalue weighted by Crippen LogP contribution is -2.22. The summed E-state index contributed by atoms with van der Waals surface area (Å²) in [5.41, 5.74) is 6.24. The first kappa shape index (κ1) is 13.9. The lowest BCUT2D eigenvalue weighted by molar-refractivity contribution is 0.0595. The summed E-state index contributed by atoms with van der Waals surface area (Å²) >= 11 is 0. The van der Waals surface area contributed by atoms with Crippen molar-refractivity contribution < 1.29 is 9.53 Å². The molecule has 6 heteroatoms. The number of nitrogens with zero attached hydrogens (tertiary/aromatic N) is 3. The van der Waals surface area contributed by atoms with Crippen molar-refractivity contribution in [1.29, 1.82) is 0 Å². The zero-order valence-corrected chi connectivity index (χ0v) is 11.8. The van der Waals surface area contributed by atoms with E-state index in [-0.39, 0.29) is 5.69 Å². The summed E-state index contributed by atoms with van der Waals surface area (Å²) in [5.74, 6) is 1.29. The summed E-state index contributed by atoms with van der Waals surface area (Å²) in [4.78, 5) is 18.2. The molecule has 1 aliphatic heterocycles. The molecule has 106 valence electrons. The first-order valence-corrected chi connectivity index (χ1v) is 6.70. The minimum absolute atomic E-state index is 0.227. The molecule has 0 radical (unpaired) electrons. The van der Waals surface area contributed by atoms with Gasteiger partial charge in [-0.1, -0.05) is 6.92 Å². The molecule has 0 aromatic carbocycles. The van der Waals surface area contributed by atoms with Crippen molar-refractivity contribution in [3.63, 3.8) is 0 Å². The number of nitrogens with two attached hydrogens (primary N) is 1. The third-order valence-corrected chi connectivity index (χ3v) is 3.83. The maximum Gasteiger partial charge on any atom is 0.360 e. The smallest absolute Gasteiger partial charge is 0.360 e. The summed E-state index contributed by atoms with van der Waals surface area (Å²) in [6.07, 6.45) is 1.17. The molecule has 1 fully saturated rings. The van der Waals surface area contributed by atoms with Crippen LogP contribution in [0.3, 0.4) is 0 Å². The Morgan fingerprint density at radius 1 is 1.58 bits per heavy atom. The van der Waals surface area contributed by atoms with Gasteiger partial charge in [0.2, 0.25) is 0 Å². The zero-order chi connectivity index (χ0) is 14.0. The number of rotatable bonds is 4. The number of methoxy groups -OCH3 is 1. The predicted molar refractivity (Wildman–Crippen MR) is 72.9 cm³/mol. The third kappa shape index (κ3) is 2.73.